The molecule has 6 aliphatic rings. The Labute approximate surface area is 625 Å². The number of rotatable bonds is 12. The molecule has 0 bridgehead atoms. The number of para-hydroxylation sites is 8. The van der Waals surface area contributed by atoms with Crippen LogP contribution in [0.4, 0.5) is 103 Å². The Morgan fingerprint density at radius 2 is 0.481 bits per heavy atom. The van der Waals surface area contributed by atoms with E-state index in [4.69, 9.17) is 29.2 Å². The molecule has 0 N–H and O–H groups in total. The molecular formula is C93H60B3N9O3. The minimum atomic E-state index is -0.431. The summed E-state index contributed by atoms with van der Waals surface area (Å²) >= 11 is 0. The molecule has 0 saturated carbocycles. The monoisotopic (exact) mass is 1380 g/mol. The van der Waals surface area contributed by atoms with Crippen molar-refractivity contribution in [1.29, 1.82) is 0 Å². The lowest BCUT2D eigenvalue weighted by atomic mass is 9.29. The average molecular weight is 1380 g/mol. The molecule has 108 heavy (non-hydrogen) atoms. The van der Waals surface area contributed by atoms with Gasteiger partial charge >= 0.3 is 0 Å². The van der Waals surface area contributed by atoms with Gasteiger partial charge in [0.2, 0.25) is 0 Å². The maximum absolute atomic E-state index is 7.93. The van der Waals surface area contributed by atoms with Crippen LogP contribution in [0.25, 0.3) is 0 Å². The molecule has 22 rings (SSSR count). The van der Waals surface area contributed by atoms with Gasteiger partial charge in [0.1, 0.15) is 52.0 Å². The molecule has 0 radical (unpaired) electrons. The number of hydrogen-bond acceptors (Lipinski definition) is 12. The fraction of sp³-hybridized carbons (Fsp3) is 0. The fourth-order valence-corrected chi connectivity index (χ4v) is 17.5. The highest BCUT2D eigenvalue weighted by molar-refractivity contribution is 7.03. The second kappa shape index (κ2) is 24.7. The van der Waals surface area contributed by atoms with Crippen molar-refractivity contribution in [3.63, 3.8) is 0 Å². The average Bonchev–Trinajstić information content (AvgIpc) is 0.692. The molecule has 0 fully saturated rings. The molecule has 0 saturated heterocycles. The number of ether oxygens (including phenoxy) is 3. The third-order valence-electron chi connectivity index (χ3n) is 21.8. The Balaban J connectivity index is 0.834. The van der Waals surface area contributed by atoms with Crippen molar-refractivity contribution in [2.75, 3.05) is 29.4 Å². The normalized spacial score (nSPS) is 13.1. The highest BCUT2D eigenvalue weighted by Gasteiger charge is 2.51. The number of aromatic nitrogens is 3. The summed E-state index contributed by atoms with van der Waals surface area (Å²) in [5.41, 5.74) is 24.0. The van der Waals surface area contributed by atoms with E-state index in [1.54, 1.807) is 0 Å². The molecule has 0 atom stereocenters. The van der Waals surface area contributed by atoms with Crippen molar-refractivity contribution in [1.82, 2.24) is 15.0 Å². The lowest BCUT2D eigenvalue weighted by Crippen LogP contribution is -2.65. The van der Waals surface area contributed by atoms with Gasteiger partial charge < -0.3 is 28.9 Å². The molecule has 0 unspecified atom stereocenters. The summed E-state index contributed by atoms with van der Waals surface area (Å²) in [5, 5.41) is 0. The van der Waals surface area contributed by atoms with Crippen LogP contribution in [0.15, 0.2) is 364 Å². The molecule has 504 valence electrons. The lowest BCUT2D eigenvalue weighted by molar-refractivity contribution is 0.487. The van der Waals surface area contributed by atoms with Crippen LogP contribution in [0, 0.1) is 0 Å². The zero-order chi connectivity index (χ0) is 70.9. The second-order valence-corrected chi connectivity index (χ2v) is 27.8. The van der Waals surface area contributed by atoms with Crippen LogP contribution in [0.5, 0.6) is 34.5 Å². The molecule has 0 amide bonds. The molecule has 0 aliphatic carbocycles. The quantitative estimate of drug-likeness (QED) is 0.109. The molecule has 12 nitrogen and oxygen atoms in total. The van der Waals surface area contributed by atoms with Crippen LogP contribution in [0.1, 0.15) is 0 Å². The van der Waals surface area contributed by atoms with E-state index in [9.17, 15) is 0 Å². The Morgan fingerprint density at radius 3 is 0.806 bits per heavy atom. The Morgan fingerprint density at radius 1 is 0.204 bits per heavy atom. The van der Waals surface area contributed by atoms with Crippen LogP contribution in [0.3, 0.4) is 0 Å². The lowest BCUT2D eigenvalue weighted by Gasteiger charge is -2.45. The number of benzene rings is 13. The van der Waals surface area contributed by atoms with Crippen molar-refractivity contribution in [3.05, 3.63) is 364 Å². The van der Waals surface area contributed by atoms with E-state index in [-0.39, 0.29) is 13.4 Å². The summed E-state index contributed by atoms with van der Waals surface area (Å²) in [7, 11) is 0. The van der Waals surface area contributed by atoms with E-state index in [0.29, 0.717) is 0 Å². The van der Waals surface area contributed by atoms with Gasteiger partial charge in [-0.1, -0.05) is 176 Å². The van der Waals surface area contributed by atoms with E-state index in [0.717, 1.165) is 186 Å². The van der Waals surface area contributed by atoms with Crippen LogP contribution in [0.2, 0.25) is 0 Å². The van der Waals surface area contributed by atoms with E-state index in [1.165, 1.54) is 0 Å². The number of nitrogens with zero attached hydrogens (tertiary/aromatic N) is 9. The van der Waals surface area contributed by atoms with E-state index in [2.05, 4.69) is 357 Å². The van der Waals surface area contributed by atoms with E-state index < -0.39 is 6.71 Å². The predicted octanol–water partition coefficient (Wildman–Crippen LogP) is 17.5. The predicted molar refractivity (Wildman–Crippen MR) is 441 cm³/mol. The molecule has 0 spiro atoms. The maximum Gasteiger partial charge on any atom is 0.256 e. The first-order chi connectivity index (χ1) is 53.6. The van der Waals surface area contributed by atoms with Gasteiger partial charge in [0, 0.05) is 111 Å². The van der Waals surface area contributed by atoms with Gasteiger partial charge in [0.25, 0.3) is 20.1 Å². The van der Waals surface area contributed by atoms with Crippen LogP contribution < -0.4 is 92.8 Å². The second-order valence-electron chi connectivity index (χ2n) is 27.8. The summed E-state index contributed by atoms with van der Waals surface area (Å²) in [4.78, 5) is 29.9. The standard InChI is InChI=1S/C93H60B3N9O3/c1-7-29-61(30-8-1)100(62-31-9-2-10-32-62)67-51-79-91-85(54-67)106-82-43-21-19-41-70(82)94(91)72-57-73-77(59-76(72)103(79)88-45-23-26-48-97-88)104(89-46-24-27-49-98-89)81-53-69(102(65-37-15-5-16-38-65)66-39-17-6-18-40-66)56-87-93(81)96(73)75-58-74-78(60-84(75)108-87)105(90-47-25-28-50-99-90)80-52-68(55-86-92(80)95(74)71-42-20-22-44-83(71)107-86)101(63-33-11-3-12-34-63)64-35-13-4-14-36-64/h1-60H. The van der Waals surface area contributed by atoms with Crippen LogP contribution in [-0.4, -0.2) is 35.1 Å². The van der Waals surface area contributed by atoms with Gasteiger partial charge in [-0.3, -0.25) is 14.7 Å². The molecule has 6 aliphatic heterocycles. The van der Waals surface area contributed by atoms with Gasteiger partial charge in [0.15, 0.2) is 0 Å². The molecule has 9 heterocycles. The number of anilines is 18. The van der Waals surface area contributed by atoms with Gasteiger partial charge in [-0.25, -0.2) is 15.0 Å². The van der Waals surface area contributed by atoms with Gasteiger partial charge in [-0.05, 0) is 195 Å². The van der Waals surface area contributed by atoms with Crippen molar-refractivity contribution in [2.24, 2.45) is 0 Å². The molecule has 13 aromatic carbocycles. The molecule has 3 aromatic heterocycles. The number of fused-ring (bicyclic) bond motifs is 12. The topological polar surface area (TPSA) is 85.8 Å². The highest BCUT2D eigenvalue weighted by atomic mass is 16.5. The summed E-state index contributed by atoms with van der Waals surface area (Å²) < 4.78 is 22.6. The zero-order valence-corrected chi connectivity index (χ0v) is 58.1. The Hall–Kier alpha value is -14.3. The van der Waals surface area contributed by atoms with E-state index in [1.807, 2.05) is 36.8 Å². The SMILES string of the molecule is c1ccc(N(c2ccccc2)c2cc3c4c(c2)N(c2ccccn2)c2cc5c(cc2B4c2ccccc2O3)B2c3cc4c(cc3N(c3ccccn3)c3cc(N(c6ccccc6)c6ccccc6)cc(c32)O5)N(c2ccccn2)c2cc(N(c3ccccc3)c3ccccc3)cc3c2B4c2ccccc2O3)cc1. The smallest absolute Gasteiger partial charge is 0.256 e. The van der Waals surface area contributed by atoms with Crippen LogP contribution >= 0.6 is 0 Å². The van der Waals surface area contributed by atoms with Crippen molar-refractivity contribution in [2.45, 2.75) is 0 Å². The van der Waals surface area contributed by atoms with Gasteiger partial charge in [0.05, 0.1) is 17.1 Å². The van der Waals surface area contributed by atoms with Crippen molar-refractivity contribution < 1.29 is 14.2 Å². The first-order valence-corrected chi connectivity index (χ1v) is 36.6. The Kier molecular flexibility index (Phi) is 14.0. The third kappa shape index (κ3) is 9.64. The first kappa shape index (κ1) is 61.2. The summed E-state index contributed by atoms with van der Waals surface area (Å²) in [5.74, 6) is 6.81. The molecule has 15 heteroatoms. The third-order valence-corrected chi connectivity index (χ3v) is 21.8. The van der Waals surface area contributed by atoms with Gasteiger partial charge in [-0.15, -0.1) is 0 Å². The first-order valence-electron chi connectivity index (χ1n) is 36.6. The van der Waals surface area contributed by atoms with Crippen molar-refractivity contribution >= 4 is 172 Å². The fourth-order valence-electron chi connectivity index (χ4n) is 17.5. The Bertz CT molecular complexity index is 6110. The largest absolute Gasteiger partial charge is 0.458 e. The van der Waals surface area contributed by atoms with E-state index >= 15 is 0 Å². The van der Waals surface area contributed by atoms with Gasteiger partial charge in [-0.2, -0.15) is 0 Å². The summed E-state index contributed by atoms with van der Waals surface area (Å²) in [6.07, 6.45) is 5.67. The minimum Gasteiger partial charge on any atom is -0.458 e. The molecule has 16 aromatic rings. The maximum atomic E-state index is 7.93. The van der Waals surface area contributed by atoms with Crippen LogP contribution in [-0.2, 0) is 0 Å². The highest BCUT2D eigenvalue weighted by Crippen LogP contribution is 2.52. The minimum absolute atomic E-state index is 0.300. The number of pyridine rings is 3. The number of hydrogen-bond donors (Lipinski definition) is 0. The molecular weight excluding hydrogens is 1320 g/mol. The van der Waals surface area contributed by atoms with Crippen molar-refractivity contribution in [3.8, 4) is 34.5 Å². The summed E-state index contributed by atoms with van der Waals surface area (Å²) in [6.45, 7) is -1.04. The zero-order valence-electron chi connectivity index (χ0n) is 58.1. The summed E-state index contributed by atoms with van der Waals surface area (Å²) in [6, 6.07) is 123.